The third-order valence-corrected chi connectivity index (χ3v) is 7.45. The molecule has 9 heteroatoms. The first kappa shape index (κ1) is 20.2. The number of fused-ring (bicyclic) bond motifs is 3. The highest BCUT2D eigenvalue weighted by Crippen LogP contribution is 2.47. The van der Waals surface area contributed by atoms with E-state index in [1.165, 1.54) is 24.5 Å². The molecule has 0 amide bonds. The van der Waals surface area contributed by atoms with Gasteiger partial charge in [-0.2, -0.15) is 0 Å². The Morgan fingerprint density at radius 1 is 1.19 bits per heavy atom. The first-order valence-electron chi connectivity index (χ1n) is 10.5. The van der Waals surface area contributed by atoms with Gasteiger partial charge >= 0.3 is 5.69 Å². The summed E-state index contributed by atoms with van der Waals surface area (Å²) in [6, 6.07) is 12.6. The Morgan fingerprint density at radius 2 is 1.94 bits per heavy atom. The largest absolute Gasteiger partial charge is 0.372 e. The smallest absolute Gasteiger partial charge is 0.300 e. The summed E-state index contributed by atoms with van der Waals surface area (Å²) in [6.07, 6.45) is 3.53. The van der Waals surface area contributed by atoms with Gasteiger partial charge < -0.3 is 9.80 Å². The van der Waals surface area contributed by atoms with E-state index >= 15 is 0 Å². The molecule has 2 bridgehead atoms. The lowest BCUT2D eigenvalue weighted by atomic mass is 9.76. The van der Waals surface area contributed by atoms with Crippen molar-refractivity contribution >= 4 is 34.0 Å². The maximum Gasteiger partial charge on any atom is 0.300 e. The maximum absolute atomic E-state index is 11.3. The molecule has 2 unspecified atom stereocenters. The minimum Gasteiger partial charge on any atom is -0.372 e. The number of hydrogen-bond acceptors (Lipinski definition) is 7. The Bertz CT molecular complexity index is 1120. The van der Waals surface area contributed by atoms with Crippen LogP contribution in [-0.2, 0) is 0 Å². The molecule has 0 spiro atoms. The number of nitro groups is 1. The lowest BCUT2D eigenvalue weighted by Crippen LogP contribution is -2.49. The van der Waals surface area contributed by atoms with Gasteiger partial charge in [-0.3, -0.25) is 10.1 Å². The number of benzene rings is 2. The monoisotopic (exact) mass is 441 g/mol. The molecule has 31 heavy (non-hydrogen) atoms. The van der Waals surface area contributed by atoms with Gasteiger partial charge in [0.05, 0.1) is 10.6 Å². The molecule has 0 radical (unpaired) electrons. The maximum atomic E-state index is 11.3. The van der Waals surface area contributed by atoms with Crippen LogP contribution < -0.4 is 4.90 Å². The van der Waals surface area contributed by atoms with Crippen molar-refractivity contribution in [2.45, 2.75) is 37.3 Å². The van der Waals surface area contributed by atoms with Crippen LogP contribution in [0, 0.1) is 16.0 Å². The molecule has 0 saturated carbocycles. The second-order valence-corrected chi connectivity index (χ2v) is 9.16. The normalized spacial score (nSPS) is 25.8. The molecule has 3 heterocycles. The number of piperidine rings is 1. The van der Waals surface area contributed by atoms with Gasteiger partial charge in [0, 0.05) is 36.8 Å². The molecular formula is C22H24ClN5O3. The fraction of sp³-hybridized carbons (Fsp3) is 0.455. The molecule has 2 fully saturated rings. The van der Waals surface area contributed by atoms with E-state index in [4.69, 9.17) is 16.2 Å². The summed E-state index contributed by atoms with van der Waals surface area (Å²) in [4.78, 5) is 15.5. The molecule has 3 aromatic rings. The van der Waals surface area contributed by atoms with E-state index in [1.807, 2.05) is 19.2 Å². The van der Waals surface area contributed by atoms with Crippen LogP contribution in [0.1, 0.15) is 30.7 Å². The SMILES string of the molecule is CN(C[C@@H]1C2CCC(C[C@@H]1c1ccc(Cl)cc1)N2C)c1ccc([N+](=O)[O-])c2nonc12. The molecule has 162 valence electrons. The lowest BCUT2D eigenvalue weighted by Gasteiger charge is -2.45. The first-order valence-corrected chi connectivity index (χ1v) is 10.9. The topological polar surface area (TPSA) is 88.5 Å². The predicted molar refractivity (Wildman–Crippen MR) is 119 cm³/mol. The van der Waals surface area contributed by atoms with Crippen LogP contribution in [0.5, 0.6) is 0 Å². The summed E-state index contributed by atoms with van der Waals surface area (Å²) in [5.74, 6) is 0.831. The summed E-state index contributed by atoms with van der Waals surface area (Å²) in [6.45, 7) is 0.800. The number of nitro benzene ring substituents is 1. The Morgan fingerprint density at radius 3 is 2.68 bits per heavy atom. The highest BCUT2D eigenvalue weighted by Gasteiger charge is 2.46. The molecule has 2 aliphatic rings. The first-order chi connectivity index (χ1) is 14.9. The van der Waals surface area contributed by atoms with Crippen molar-refractivity contribution in [2.24, 2.45) is 5.92 Å². The van der Waals surface area contributed by atoms with Gasteiger partial charge in [0.25, 0.3) is 0 Å². The molecule has 0 aliphatic carbocycles. The van der Waals surface area contributed by atoms with E-state index in [1.54, 1.807) is 6.07 Å². The van der Waals surface area contributed by atoms with E-state index in [2.05, 4.69) is 39.3 Å². The zero-order valence-corrected chi connectivity index (χ0v) is 18.2. The highest BCUT2D eigenvalue weighted by atomic mass is 35.5. The van der Waals surface area contributed by atoms with Crippen molar-refractivity contribution in [2.75, 3.05) is 25.5 Å². The quantitative estimate of drug-likeness (QED) is 0.425. The van der Waals surface area contributed by atoms with Gasteiger partial charge in [-0.25, -0.2) is 4.63 Å². The molecule has 2 aliphatic heterocycles. The van der Waals surface area contributed by atoms with E-state index in [0.29, 0.717) is 29.4 Å². The van der Waals surface area contributed by atoms with Gasteiger partial charge in [-0.05, 0) is 72.2 Å². The summed E-state index contributed by atoms with van der Waals surface area (Å²) in [5, 5.41) is 19.8. The third kappa shape index (κ3) is 3.43. The van der Waals surface area contributed by atoms with E-state index in [9.17, 15) is 10.1 Å². The summed E-state index contributed by atoms with van der Waals surface area (Å²) in [5.41, 5.74) is 2.63. The van der Waals surface area contributed by atoms with Crippen LogP contribution in [0.2, 0.25) is 5.02 Å². The molecule has 5 rings (SSSR count). The van der Waals surface area contributed by atoms with Crippen molar-refractivity contribution in [3.05, 3.63) is 57.1 Å². The molecule has 4 atom stereocenters. The lowest BCUT2D eigenvalue weighted by molar-refractivity contribution is -0.383. The number of hydrogen-bond donors (Lipinski definition) is 0. The number of nitrogens with zero attached hydrogens (tertiary/aromatic N) is 5. The van der Waals surface area contributed by atoms with E-state index in [-0.39, 0.29) is 11.2 Å². The van der Waals surface area contributed by atoms with Crippen LogP contribution in [-0.4, -0.2) is 52.9 Å². The summed E-state index contributed by atoms with van der Waals surface area (Å²) in [7, 11) is 4.24. The predicted octanol–water partition coefficient (Wildman–Crippen LogP) is 4.49. The minimum atomic E-state index is -0.457. The Hall–Kier alpha value is -2.71. The van der Waals surface area contributed by atoms with E-state index in [0.717, 1.165) is 23.7 Å². The number of halogens is 1. The number of aromatic nitrogens is 2. The van der Waals surface area contributed by atoms with Crippen molar-refractivity contribution in [1.82, 2.24) is 15.2 Å². The van der Waals surface area contributed by atoms with Gasteiger partial charge in [-0.1, -0.05) is 23.7 Å². The van der Waals surface area contributed by atoms with Crippen LogP contribution >= 0.6 is 11.6 Å². The van der Waals surface area contributed by atoms with Gasteiger partial charge in [0.15, 0.2) is 5.52 Å². The fourth-order valence-electron chi connectivity index (χ4n) is 5.63. The zero-order chi connectivity index (χ0) is 21.7. The summed E-state index contributed by atoms with van der Waals surface area (Å²) < 4.78 is 4.85. The average molecular weight is 442 g/mol. The second kappa shape index (κ2) is 7.76. The van der Waals surface area contributed by atoms with Gasteiger partial charge in [0.2, 0.25) is 5.52 Å². The number of non-ortho nitro benzene ring substituents is 1. The highest BCUT2D eigenvalue weighted by molar-refractivity contribution is 6.30. The second-order valence-electron chi connectivity index (χ2n) is 8.72. The van der Waals surface area contributed by atoms with Gasteiger partial charge in [0.1, 0.15) is 0 Å². The zero-order valence-electron chi connectivity index (χ0n) is 17.4. The third-order valence-electron chi connectivity index (χ3n) is 7.20. The van der Waals surface area contributed by atoms with E-state index < -0.39 is 4.92 Å². The molecule has 1 aromatic heterocycles. The van der Waals surface area contributed by atoms with Crippen LogP contribution in [0.25, 0.3) is 11.0 Å². The Balaban J connectivity index is 1.48. The average Bonchev–Trinajstić information content (AvgIpc) is 3.32. The molecular weight excluding hydrogens is 418 g/mol. The molecule has 8 nitrogen and oxygen atoms in total. The van der Waals surface area contributed by atoms with Gasteiger partial charge in [-0.15, -0.1) is 0 Å². The molecule has 2 aromatic carbocycles. The molecule has 2 saturated heterocycles. The van der Waals surface area contributed by atoms with Crippen LogP contribution in [0.3, 0.4) is 0 Å². The minimum absolute atomic E-state index is 0.0940. The van der Waals surface area contributed by atoms with Crippen LogP contribution in [0.4, 0.5) is 11.4 Å². The summed E-state index contributed by atoms with van der Waals surface area (Å²) >= 11 is 6.14. The van der Waals surface area contributed by atoms with Crippen molar-refractivity contribution in [1.29, 1.82) is 0 Å². The molecule has 0 N–H and O–H groups in total. The Kier molecular flexibility index (Phi) is 5.06. The van der Waals surface area contributed by atoms with Crippen LogP contribution in [0.15, 0.2) is 41.0 Å². The number of anilines is 1. The Labute approximate surface area is 184 Å². The standard InChI is InChI=1S/C22H24ClN5O3/c1-26(19-9-10-20(28(29)30)22-21(19)24-31-25-22)12-17-16(13-3-5-14(23)6-4-13)11-15-7-8-18(17)27(15)2/h3-6,9-10,15-18H,7-8,11-12H2,1-2H3/t15?,16-,17+,18?/m1/s1. The number of rotatable bonds is 5. The fourth-order valence-corrected chi connectivity index (χ4v) is 5.76. The van der Waals surface area contributed by atoms with Crippen molar-refractivity contribution < 1.29 is 9.55 Å². The van der Waals surface area contributed by atoms with Crippen molar-refractivity contribution in [3.8, 4) is 0 Å². The van der Waals surface area contributed by atoms with Crippen molar-refractivity contribution in [3.63, 3.8) is 0 Å².